The van der Waals surface area contributed by atoms with Gasteiger partial charge < -0.3 is 13.7 Å². The zero-order chi connectivity index (χ0) is 19.1. The number of aryl methyl sites for hydroxylation is 3. The van der Waals surface area contributed by atoms with E-state index in [1.807, 2.05) is 36.7 Å². The molecule has 2 aromatic heterocycles. The highest BCUT2D eigenvalue weighted by Gasteiger charge is 2.15. The van der Waals surface area contributed by atoms with E-state index in [0.717, 1.165) is 15.6 Å². The Hall–Kier alpha value is -2.86. The zero-order valence-electron chi connectivity index (χ0n) is 15.7. The minimum atomic E-state index is -0.398. The highest BCUT2D eigenvalue weighted by molar-refractivity contribution is 7.16. The van der Waals surface area contributed by atoms with E-state index in [4.69, 9.17) is 9.15 Å². The van der Waals surface area contributed by atoms with Gasteiger partial charge in [0, 0.05) is 12.4 Å². The number of aromatic nitrogens is 1. The van der Waals surface area contributed by atoms with Gasteiger partial charge in [-0.2, -0.15) is 4.99 Å². The van der Waals surface area contributed by atoms with Gasteiger partial charge in [0.1, 0.15) is 0 Å². The Morgan fingerprint density at radius 2 is 2.07 bits per heavy atom. The lowest BCUT2D eigenvalue weighted by molar-refractivity contribution is 0.0973. The lowest BCUT2D eigenvalue weighted by Crippen LogP contribution is -2.13. The summed E-state index contributed by atoms with van der Waals surface area (Å²) in [6.45, 7) is 6.58. The number of carbonyl (C=O) groups is 1. The van der Waals surface area contributed by atoms with Crippen LogP contribution in [-0.2, 0) is 7.05 Å². The highest BCUT2D eigenvalue weighted by atomic mass is 32.1. The van der Waals surface area contributed by atoms with E-state index in [0.29, 0.717) is 22.7 Å². The molecular formula is C21H20N2O3S. The van der Waals surface area contributed by atoms with Crippen LogP contribution >= 0.6 is 11.3 Å². The van der Waals surface area contributed by atoms with Crippen LogP contribution in [0.1, 0.15) is 28.6 Å². The molecule has 2 aromatic carbocycles. The van der Waals surface area contributed by atoms with Crippen molar-refractivity contribution in [1.29, 1.82) is 0 Å². The van der Waals surface area contributed by atoms with Crippen LogP contribution < -0.4 is 9.54 Å². The minimum absolute atomic E-state index is 0.211. The number of ether oxygens (including phenoxy) is 1. The molecule has 138 valence electrons. The first kappa shape index (κ1) is 17.5. The van der Waals surface area contributed by atoms with Crippen molar-refractivity contribution in [3.8, 4) is 5.75 Å². The molecule has 0 saturated carbocycles. The first-order chi connectivity index (χ1) is 13.0. The first-order valence-electron chi connectivity index (χ1n) is 8.79. The van der Waals surface area contributed by atoms with Gasteiger partial charge in [0.05, 0.1) is 16.8 Å². The monoisotopic (exact) mass is 380 g/mol. The van der Waals surface area contributed by atoms with Crippen molar-refractivity contribution in [3.05, 3.63) is 58.1 Å². The van der Waals surface area contributed by atoms with Crippen molar-refractivity contribution in [2.24, 2.45) is 12.0 Å². The summed E-state index contributed by atoms with van der Waals surface area (Å²) < 4.78 is 14.4. The molecule has 4 rings (SSSR count). The van der Waals surface area contributed by atoms with Crippen LogP contribution in [0.4, 0.5) is 0 Å². The molecular weight excluding hydrogens is 360 g/mol. The molecule has 0 N–H and O–H groups in total. The van der Waals surface area contributed by atoms with Crippen LogP contribution in [0.5, 0.6) is 5.75 Å². The molecule has 0 bridgehead atoms. The number of carbonyl (C=O) groups excluding carboxylic acids is 1. The van der Waals surface area contributed by atoms with Crippen LogP contribution in [0.15, 0.2) is 45.8 Å². The summed E-state index contributed by atoms with van der Waals surface area (Å²) in [6, 6.07) is 11.6. The molecule has 27 heavy (non-hydrogen) atoms. The molecule has 0 spiro atoms. The lowest BCUT2D eigenvalue weighted by Gasteiger charge is -2.02. The maximum absolute atomic E-state index is 12.7. The average molecular weight is 380 g/mol. The molecule has 1 amide bonds. The van der Waals surface area contributed by atoms with Crippen molar-refractivity contribution >= 4 is 38.4 Å². The fraction of sp³-hybridized carbons (Fsp3) is 0.238. The second kappa shape index (κ2) is 6.70. The molecule has 0 fully saturated rings. The molecule has 0 aliphatic rings. The van der Waals surface area contributed by atoms with E-state index in [1.54, 1.807) is 6.07 Å². The van der Waals surface area contributed by atoms with E-state index >= 15 is 0 Å². The second-order valence-electron chi connectivity index (χ2n) is 6.51. The van der Waals surface area contributed by atoms with Gasteiger partial charge in [-0.3, -0.25) is 4.79 Å². The molecule has 2 heterocycles. The van der Waals surface area contributed by atoms with Gasteiger partial charge in [0.2, 0.25) is 0 Å². The minimum Gasteiger partial charge on any atom is -0.490 e. The normalized spacial score (nSPS) is 12.2. The summed E-state index contributed by atoms with van der Waals surface area (Å²) in [5, 5.41) is 0.826. The summed E-state index contributed by atoms with van der Waals surface area (Å²) in [6.07, 6.45) is 0. The van der Waals surface area contributed by atoms with E-state index in [2.05, 4.69) is 31.0 Å². The van der Waals surface area contributed by atoms with E-state index in [9.17, 15) is 4.79 Å². The number of amides is 1. The molecule has 4 aromatic rings. The number of para-hydroxylation sites is 1. The summed E-state index contributed by atoms with van der Waals surface area (Å²) in [7, 11) is 1.93. The third-order valence-corrected chi connectivity index (χ3v) is 5.53. The number of rotatable bonds is 3. The Kier molecular flexibility index (Phi) is 4.36. The van der Waals surface area contributed by atoms with Gasteiger partial charge in [-0.25, -0.2) is 0 Å². The molecule has 0 aliphatic heterocycles. The van der Waals surface area contributed by atoms with E-state index in [-0.39, 0.29) is 5.76 Å². The molecule has 5 nitrogen and oxygen atoms in total. The SMILES string of the molecule is CCOc1cccc2cc(C(=O)N=c3sc4cc(C)cc(C)c4n3C)oc12. The summed E-state index contributed by atoms with van der Waals surface area (Å²) in [5.74, 6) is 0.445. The van der Waals surface area contributed by atoms with Gasteiger partial charge in [-0.05, 0) is 50.1 Å². The van der Waals surface area contributed by atoms with Crippen molar-refractivity contribution in [1.82, 2.24) is 4.57 Å². The Bertz CT molecular complexity index is 1240. The first-order valence-corrected chi connectivity index (χ1v) is 9.60. The van der Waals surface area contributed by atoms with E-state index < -0.39 is 5.91 Å². The predicted octanol–water partition coefficient (Wildman–Crippen LogP) is 4.74. The highest BCUT2D eigenvalue weighted by Crippen LogP contribution is 2.29. The summed E-state index contributed by atoms with van der Waals surface area (Å²) in [5.41, 5.74) is 4.04. The zero-order valence-corrected chi connectivity index (χ0v) is 16.5. The maximum Gasteiger partial charge on any atom is 0.315 e. The summed E-state index contributed by atoms with van der Waals surface area (Å²) >= 11 is 1.50. The Morgan fingerprint density at radius 1 is 1.26 bits per heavy atom. The topological polar surface area (TPSA) is 56.7 Å². The van der Waals surface area contributed by atoms with Gasteiger partial charge in [0.15, 0.2) is 21.9 Å². The van der Waals surface area contributed by atoms with Crippen molar-refractivity contribution in [3.63, 3.8) is 0 Å². The average Bonchev–Trinajstić information content (AvgIpc) is 3.18. The molecule has 0 atom stereocenters. The van der Waals surface area contributed by atoms with Crippen LogP contribution in [0, 0.1) is 13.8 Å². The fourth-order valence-electron chi connectivity index (χ4n) is 3.34. The molecule has 6 heteroatoms. The molecule has 0 saturated heterocycles. The summed E-state index contributed by atoms with van der Waals surface area (Å²) in [4.78, 5) is 17.7. The predicted molar refractivity (Wildman–Crippen MR) is 108 cm³/mol. The van der Waals surface area contributed by atoms with Gasteiger partial charge in [-0.1, -0.05) is 29.5 Å². The number of hydrogen-bond acceptors (Lipinski definition) is 4. The van der Waals surface area contributed by atoms with Crippen molar-refractivity contribution in [2.45, 2.75) is 20.8 Å². The van der Waals surface area contributed by atoms with Crippen molar-refractivity contribution in [2.75, 3.05) is 6.61 Å². The smallest absolute Gasteiger partial charge is 0.315 e. The third kappa shape index (κ3) is 3.06. The number of furan rings is 1. The molecule has 0 radical (unpaired) electrons. The third-order valence-electron chi connectivity index (χ3n) is 4.45. The Balaban J connectivity index is 1.81. The maximum atomic E-state index is 12.7. The Morgan fingerprint density at radius 3 is 2.85 bits per heavy atom. The molecule has 0 unspecified atom stereocenters. The van der Waals surface area contributed by atoms with Crippen LogP contribution in [0.3, 0.4) is 0 Å². The number of nitrogens with zero attached hydrogens (tertiary/aromatic N) is 2. The van der Waals surface area contributed by atoms with Crippen LogP contribution in [0.2, 0.25) is 0 Å². The van der Waals surface area contributed by atoms with Gasteiger partial charge in [0.25, 0.3) is 0 Å². The standard InChI is InChI=1S/C21H20N2O3S/c1-5-25-15-8-6-7-14-11-16(26-19(14)15)20(24)22-21-23(4)18-13(3)9-12(2)10-17(18)27-21/h6-11H,5H2,1-4H3. The van der Waals surface area contributed by atoms with Gasteiger partial charge >= 0.3 is 5.91 Å². The van der Waals surface area contributed by atoms with Crippen molar-refractivity contribution < 1.29 is 13.9 Å². The number of hydrogen-bond donors (Lipinski definition) is 0. The van der Waals surface area contributed by atoms with Crippen LogP contribution in [-0.4, -0.2) is 17.1 Å². The van der Waals surface area contributed by atoms with E-state index in [1.165, 1.54) is 22.5 Å². The number of thiazole rings is 1. The number of benzene rings is 2. The van der Waals surface area contributed by atoms with Gasteiger partial charge in [-0.15, -0.1) is 0 Å². The largest absolute Gasteiger partial charge is 0.490 e. The second-order valence-corrected chi connectivity index (χ2v) is 7.52. The molecule has 0 aliphatic carbocycles. The fourth-order valence-corrected chi connectivity index (χ4v) is 4.53. The quantitative estimate of drug-likeness (QED) is 0.516. The van der Waals surface area contributed by atoms with Crippen LogP contribution in [0.25, 0.3) is 21.2 Å². The lowest BCUT2D eigenvalue weighted by atomic mass is 10.1. The Labute approximate surface area is 160 Å². The number of fused-ring (bicyclic) bond motifs is 2.